The summed E-state index contributed by atoms with van der Waals surface area (Å²) >= 11 is 0. The molecule has 1 N–H and O–H groups in total. The summed E-state index contributed by atoms with van der Waals surface area (Å²) in [4.78, 5) is 22.4. The van der Waals surface area contributed by atoms with Gasteiger partial charge in [0.1, 0.15) is 6.54 Å². The van der Waals surface area contributed by atoms with Crippen LogP contribution in [0.2, 0.25) is 0 Å². The van der Waals surface area contributed by atoms with Gasteiger partial charge in [-0.3, -0.25) is 19.2 Å². The van der Waals surface area contributed by atoms with E-state index in [-0.39, 0.29) is 11.7 Å². The van der Waals surface area contributed by atoms with Gasteiger partial charge in [-0.1, -0.05) is 37.3 Å². The van der Waals surface area contributed by atoms with Crippen molar-refractivity contribution in [1.82, 2.24) is 5.32 Å². The van der Waals surface area contributed by atoms with Crippen LogP contribution in [0, 0.1) is 10.1 Å². The third kappa shape index (κ3) is 4.82. The van der Waals surface area contributed by atoms with Gasteiger partial charge in [-0.25, -0.2) is 8.42 Å². The monoisotopic (exact) mass is 391 g/mol. The Morgan fingerprint density at radius 1 is 1.15 bits per heavy atom. The molecule has 0 aliphatic rings. The van der Waals surface area contributed by atoms with Gasteiger partial charge < -0.3 is 5.32 Å². The molecule has 0 unspecified atom stereocenters. The Morgan fingerprint density at radius 3 is 2.33 bits per heavy atom. The molecule has 0 bridgehead atoms. The lowest BCUT2D eigenvalue weighted by Gasteiger charge is -2.24. The number of nitrogens with zero attached hydrogens (tertiary/aromatic N) is 2. The number of nitro groups is 1. The lowest BCUT2D eigenvalue weighted by atomic mass is 10.2. The molecule has 2 aromatic carbocycles. The average molecular weight is 391 g/mol. The summed E-state index contributed by atoms with van der Waals surface area (Å²) in [6.45, 7) is 3.22. The molecule has 0 spiro atoms. The molecule has 0 aromatic heterocycles. The predicted octanol–water partition coefficient (Wildman–Crippen LogP) is 2.70. The van der Waals surface area contributed by atoms with Gasteiger partial charge in [0, 0.05) is 12.1 Å². The Balaban J connectivity index is 2.50. The molecule has 27 heavy (non-hydrogen) atoms. The second-order valence-electron chi connectivity index (χ2n) is 5.95. The zero-order valence-electron chi connectivity index (χ0n) is 15.0. The van der Waals surface area contributed by atoms with Crippen molar-refractivity contribution in [3.8, 4) is 0 Å². The van der Waals surface area contributed by atoms with E-state index in [1.807, 2.05) is 6.92 Å². The minimum Gasteiger partial charge on any atom is -0.352 e. The van der Waals surface area contributed by atoms with Crippen molar-refractivity contribution < 1.29 is 18.1 Å². The van der Waals surface area contributed by atoms with Crippen molar-refractivity contribution >= 4 is 27.3 Å². The molecule has 144 valence electrons. The summed E-state index contributed by atoms with van der Waals surface area (Å²) in [7, 11) is -4.34. The van der Waals surface area contributed by atoms with Crippen LogP contribution in [0.4, 0.5) is 11.4 Å². The summed E-state index contributed by atoms with van der Waals surface area (Å²) in [5, 5.41) is 14.0. The van der Waals surface area contributed by atoms with Gasteiger partial charge in [-0.15, -0.1) is 0 Å². The normalized spacial score (nSPS) is 12.2. The molecule has 2 rings (SSSR count). The van der Waals surface area contributed by atoms with Crippen LogP contribution in [0.5, 0.6) is 0 Å². The second-order valence-corrected chi connectivity index (χ2v) is 7.78. The van der Waals surface area contributed by atoms with E-state index in [1.54, 1.807) is 25.1 Å². The highest BCUT2D eigenvalue weighted by Crippen LogP contribution is 2.29. The number of rotatable bonds is 8. The number of nitro benzene ring substituents is 1. The predicted molar refractivity (Wildman–Crippen MR) is 102 cm³/mol. The van der Waals surface area contributed by atoms with Gasteiger partial charge in [0.15, 0.2) is 4.90 Å². The van der Waals surface area contributed by atoms with Gasteiger partial charge >= 0.3 is 0 Å². The molecule has 9 heteroatoms. The summed E-state index contributed by atoms with van der Waals surface area (Å²) in [6, 6.07) is 13.0. The quantitative estimate of drug-likeness (QED) is 0.549. The highest BCUT2D eigenvalue weighted by Gasteiger charge is 2.33. The fraction of sp³-hybridized carbons (Fsp3) is 0.278. The van der Waals surface area contributed by atoms with Crippen LogP contribution in [0.1, 0.15) is 20.3 Å². The topological polar surface area (TPSA) is 110 Å². The molecule has 0 radical (unpaired) electrons. The zero-order chi connectivity index (χ0) is 20.0. The van der Waals surface area contributed by atoms with Crippen LogP contribution >= 0.6 is 0 Å². The van der Waals surface area contributed by atoms with Crippen LogP contribution in [-0.2, 0) is 14.8 Å². The summed E-state index contributed by atoms with van der Waals surface area (Å²) in [5.41, 5.74) is -0.296. The third-order valence-corrected chi connectivity index (χ3v) is 5.80. The Bertz CT molecular complexity index is 916. The number of nitrogens with one attached hydrogen (secondary N) is 1. The first-order valence-corrected chi connectivity index (χ1v) is 9.82. The highest BCUT2D eigenvalue weighted by atomic mass is 32.2. The number of hydrogen-bond acceptors (Lipinski definition) is 5. The molecular weight excluding hydrogens is 370 g/mol. The van der Waals surface area contributed by atoms with Gasteiger partial charge in [0.2, 0.25) is 5.91 Å². The standard InChI is InChI=1S/C18H21N3O5S/c1-3-14(2)19-18(22)13-20(15-9-5-4-6-10-15)27(25,26)17-12-8-7-11-16(17)21(23)24/h4-12,14H,3,13H2,1-2H3,(H,19,22)/t14-/m1/s1. The fourth-order valence-corrected chi connectivity index (χ4v) is 3.99. The SMILES string of the molecule is CC[C@@H](C)NC(=O)CN(c1ccccc1)S(=O)(=O)c1ccccc1[N+](=O)[O-]. The molecule has 0 aliphatic heterocycles. The van der Waals surface area contributed by atoms with Crippen LogP contribution < -0.4 is 9.62 Å². The maximum absolute atomic E-state index is 13.2. The third-order valence-electron chi connectivity index (χ3n) is 3.98. The number of para-hydroxylation sites is 2. The Hall–Kier alpha value is -2.94. The van der Waals surface area contributed by atoms with E-state index in [9.17, 15) is 23.3 Å². The Labute approximate surface area is 158 Å². The van der Waals surface area contributed by atoms with Crippen LogP contribution in [0.25, 0.3) is 0 Å². The van der Waals surface area contributed by atoms with Crippen LogP contribution in [-0.4, -0.2) is 31.8 Å². The first kappa shape index (κ1) is 20.4. The molecule has 0 saturated heterocycles. The van der Waals surface area contributed by atoms with Crippen molar-refractivity contribution in [2.45, 2.75) is 31.2 Å². The van der Waals surface area contributed by atoms with Crippen molar-refractivity contribution in [3.05, 3.63) is 64.7 Å². The van der Waals surface area contributed by atoms with Crippen LogP contribution in [0.15, 0.2) is 59.5 Å². The molecule has 0 heterocycles. The number of sulfonamides is 1. The van der Waals surface area contributed by atoms with E-state index in [0.29, 0.717) is 6.42 Å². The fourth-order valence-electron chi connectivity index (χ4n) is 2.41. The molecule has 1 atom stereocenters. The van der Waals surface area contributed by atoms with Gasteiger partial charge in [0.05, 0.1) is 10.6 Å². The number of carbonyl (C=O) groups is 1. The summed E-state index contributed by atoms with van der Waals surface area (Å²) < 4.78 is 27.3. The van der Waals surface area contributed by atoms with E-state index in [2.05, 4.69) is 5.32 Å². The number of benzene rings is 2. The minimum absolute atomic E-state index is 0.121. The average Bonchev–Trinajstić information content (AvgIpc) is 2.66. The molecule has 2 aromatic rings. The second kappa shape index (κ2) is 8.63. The molecule has 1 amide bonds. The van der Waals surface area contributed by atoms with Crippen molar-refractivity contribution in [2.75, 3.05) is 10.8 Å². The highest BCUT2D eigenvalue weighted by molar-refractivity contribution is 7.93. The van der Waals surface area contributed by atoms with Gasteiger partial charge in [-0.05, 0) is 31.5 Å². The van der Waals surface area contributed by atoms with Crippen molar-refractivity contribution in [1.29, 1.82) is 0 Å². The van der Waals surface area contributed by atoms with Gasteiger partial charge in [0.25, 0.3) is 15.7 Å². The molecule has 0 saturated carbocycles. The first-order chi connectivity index (χ1) is 12.8. The Kier molecular flexibility index (Phi) is 6.51. The van der Waals surface area contributed by atoms with E-state index in [4.69, 9.17) is 0 Å². The van der Waals surface area contributed by atoms with Crippen LogP contribution in [0.3, 0.4) is 0 Å². The molecule has 0 aliphatic carbocycles. The lowest BCUT2D eigenvalue weighted by Crippen LogP contribution is -2.43. The number of hydrogen-bond donors (Lipinski definition) is 1. The maximum Gasteiger partial charge on any atom is 0.289 e. The van der Waals surface area contributed by atoms with Gasteiger partial charge in [-0.2, -0.15) is 0 Å². The maximum atomic E-state index is 13.2. The molecule has 8 nitrogen and oxygen atoms in total. The molecular formula is C18H21N3O5S. The lowest BCUT2D eigenvalue weighted by molar-refractivity contribution is -0.387. The van der Waals surface area contributed by atoms with Crippen molar-refractivity contribution in [2.24, 2.45) is 0 Å². The molecule has 0 fully saturated rings. The summed E-state index contributed by atoms with van der Waals surface area (Å²) in [6.07, 6.45) is 0.688. The van der Waals surface area contributed by atoms with E-state index < -0.39 is 38.0 Å². The number of carbonyl (C=O) groups excluding carboxylic acids is 1. The Morgan fingerprint density at radius 2 is 1.74 bits per heavy atom. The van der Waals surface area contributed by atoms with E-state index in [1.165, 1.54) is 24.3 Å². The van der Waals surface area contributed by atoms with E-state index in [0.717, 1.165) is 16.4 Å². The zero-order valence-corrected chi connectivity index (χ0v) is 15.8. The smallest absolute Gasteiger partial charge is 0.289 e. The van der Waals surface area contributed by atoms with E-state index >= 15 is 0 Å². The largest absolute Gasteiger partial charge is 0.352 e. The van der Waals surface area contributed by atoms with Crippen molar-refractivity contribution in [3.63, 3.8) is 0 Å². The summed E-state index contributed by atoms with van der Waals surface area (Å²) in [5.74, 6) is -0.490. The number of amides is 1. The first-order valence-electron chi connectivity index (χ1n) is 8.38. The minimum atomic E-state index is -4.34. The number of anilines is 1.